The molecule has 0 saturated carbocycles. The maximum absolute atomic E-state index is 15.4. The van der Waals surface area contributed by atoms with Gasteiger partial charge in [-0.15, -0.1) is 0 Å². The highest BCUT2D eigenvalue weighted by Gasteiger charge is 2.49. The van der Waals surface area contributed by atoms with Crippen molar-refractivity contribution in [1.29, 1.82) is 5.26 Å². The number of rotatable bonds is 7. The first kappa shape index (κ1) is 33.8. The molecule has 10 nitrogen and oxygen atoms in total. The van der Waals surface area contributed by atoms with Gasteiger partial charge in [-0.05, 0) is 37.9 Å². The topological polar surface area (TPSA) is 121 Å². The molecule has 0 aliphatic carbocycles. The summed E-state index contributed by atoms with van der Waals surface area (Å²) in [7, 11) is 0. The molecule has 1 amide bonds. The van der Waals surface area contributed by atoms with Crippen LogP contribution < -0.4 is 15.4 Å². The zero-order chi connectivity index (χ0) is 34.5. The number of hydrogen-bond donors (Lipinski definition) is 1. The lowest BCUT2D eigenvalue weighted by molar-refractivity contribution is -0.140. The van der Waals surface area contributed by atoms with E-state index in [1.165, 1.54) is 11.8 Å². The average Bonchev–Trinajstić information content (AvgIpc) is 3.55. The molecule has 1 aromatic carbocycles. The number of nitrogens with two attached hydrogens (primary N) is 1. The summed E-state index contributed by atoms with van der Waals surface area (Å²) in [5.74, 6) is -3.04. The highest BCUT2D eigenvalue weighted by molar-refractivity contribution is 5.91. The van der Waals surface area contributed by atoms with E-state index in [1.807, 2.05) is 11.0 Å². The van der Waals surface area contributed by atoms with Gasteiger partial charge in [0.05, 0.1) is 53.7 Å². The number of piperazine rings is 1. The predicted molar refractivity (Wildman–Crippen MR) is 161 cm³/mol. The Hall–Kier alpha value is -4.10. The van der Waals surface area contributed by atoms with Crippen molar-refractivity contribution >= 4 is 17.4 Å². The zero-order valence-corrected chi connectivity index (χ0v) is 26.3. The highest BCUT2D eigenvalue weighted by atomic mass is 19.4. The molecule has 2 N–H and O–H groups in total. The third kappa shape index (κ3) is 6.13. The molecule has 1 aromatic heterocycles. The van der Waals surface area contributed by atoms with E-state index in [0.717, 1.165) is 19.0 Å². The van der Waals surface area contributed by atoms with Crippen molar-refractivity contribution in [3.8, 4) is 12.1 Å². The predicted octanol–water partition coefficient (Wildman–Crippen LogP) is 4.71. The zero-order valence-electron chi connectivity index (χ0n) is 26.3. The molecule has 16 heteroatoms. The van der Waals surface area contributed by atoms with Gasteiger partial charge in [0, 0.05) is 50.1 Å². The Morgan fingerprint density at radius 1 is 1.27 bits per heavy atom. The third-order valence-corrected chi connectivity index (χ3v) is 9.82. The smallest absolute Gasteiger partial charge is 0.417 e. The van der Waals surface area contributed by atoms with E-state index in [-0.39, 0.29) is 69.4 Å². The monoisotopic (exact) mass is 679 g/mol. The van der Waals surface area contributed by atoms with E-state index >= 15 is 4.39 Å². The van der Waals surface area contributed by atoms with Gasteiger partial charge in [0.15, 0.2) is 11.6 Å². The van der Waals surface area contributed by atoms with Gasteiger partial charge in [-0.1, -0.05) is 6.58 Å². The first-order chi connectivity index (χ1) is 22.7. The molecule has 258 valence electrons. The van der Waals surface area contributed by atoms with Crippen LogP contribution in [-0.4, -0.2) is 82.8 Å². The van der Waals surface area contributed by atoms with Crippen LogP contribution in [0.4, 0.5) is 37.8 Å². The SMILES string of the molecule is C=C(F)C(=O)N1CCN(c2nc(OCC34CCCN3C[C@H](F)C4)nc3c2CO[C@H](c2c(F)c(N)cc(C)c2C(F)(F)F)C3)C[C@@H]1CC#N. The summed E-state index contributed by atoms with van der Waals surface area (Å²) in [6, 6.07) is 2.10. The molecule has 4 aliphatic heterocycles. The van der Waals surface area contributed by atoms with E-state index in [9.17, 15) is 32.0 Å². The first-order valence-electron chi connectivity index (χ1n) is 15.7. The second kappa shape index (κ2) is 12.7. The lowest BCUT2D eigenvalue weighted by Gasteiger charge is -2.42. The Kier molecular flexibility index (Phi) is 8.97. The van der Waals surface area contributed by atoms with Gasteiger partial charge in [-0.2, -0.15) is 28.4 Å². The minimum absolute atomic E-state index is 0.0191. The molecule has 3 saturated heterocycles. The summed E-state index contributed by atoms with van der Waals surface area (Å²) >= 11 is 0. The van der Waals surface area contributed by atoms with Gasteiger partial charge in [0.2, 0.25) is 0 Å². The van der Waals surface area contributed by atoms with Crippen LogP contribution in [0.2, 0.25) is 0 Å². The molecule has 4 atom stereocenters. The number of halogens is 6. The first-order valence-corrected chi connectivity index (χ1v) is 15.7. The van der Waals surface area contributed by atoms with Crippen molar-refractivity contribution in [3.63, 3.8) is 0 Å². The van der Waals surface area contributed by atoms with E-state index in [2.05, 4.69) is 16.5 Å². The fourth-order valence-corrected chi connectivity index (χ4v) is 7.67. The fourth-order valence-electron chi connectivity index (χ4n) is 7.67. The van der Waals surface area contributed by atoms with E-state index in [4.69, 9.17) is 15.2 Å². The number of carbonyl (C=O) groups excluding carboxylic acids is 1. The third-order valence-electron chi connectivity index (χ3n) is 9.82. The van der Waals surface area contributed by atoms with Gasteiger partial charge in [-0.25, -0.2) is 13.2 Å². The van der Waals surface area contributed by atoms with Crippen LogP contribution in [0.1, 0.15) is 59.7 Å². The number of fused-ring (bicyclic) bond motifs is 2. The Balaban J connectivity index is 1.38. The van der Waals surface area contributed by atoms with Gasteiger partial charge in [0.25, 0.3) is 5.91 Å². The number of aryl methyl sites for hydroxylation is 1. The maximum atomic E-state index is 15.4. The van der Waals surface area contributed by atoms with E-state index in [0.29, 0.717) is 24.3 Å². The number of hydrogen-bond acceptors (Lipinski definition) is 9. The number of anilines is 2. The van der Waals surface area contributed by atoms with Gasteiger partial charge < -0.3 is 25.0 Å². The molecule has 5 heterocycles. The standard InChI is InChI=1S/C32H35F6N7O3/c1-17-10-22(40)27(35)25(26(17)32(36,37)38)24-11-23-21(15-47-24)28(43-8-9-45(29(46)18(2)33)20(14-43)4-6-39)42-30(41-23)48-16-31-5-3-7-44(31)13-19(34)12-31/h10,19-20,24H,2-5,7-9,11-16,40H2,1H3/t19-,20+,24+,31?/m1/s1. The average molecular weight is 680 g/mol. The normalized spacial score (nSPS) is 25.8. The summed E-state index contributed by atoms with van der Waals surface area (Å²) in [4.78, 5) is 26.7. The van der Waals surface area contributed by atoms with Crippen molar-refractivity contribution in [2.45, 2.75) is 75.7 Å². The highest BCUT2D eigenvalue weighted by Crippen LogP contribution is 2.45. The number of nitriles is 1. The molecule has 6 rings (SSSR count). The second-order valence-electron chi connectivity index (χ2n) is 12.9. The molecular formula is C32H35F6N7O3. The Bertz CT molecular complexity index is 1670. The molecule has 0 radical (unpaired) electrons. The lowest BCUT2D eigenvalue weighted by Crippen LogP contribution is -2.55. The minimum atomic E-state index is -4.90. The number of amides is 1. The Morgan fingerprint density at radius 3 is 2.75 bits per heavy atom. The molecule has 0 spiro atoms. The molecule has 2 aromatic rings. The number of carbonyl (C=O) groups is 1. The summed E-state index contributed by atoms with van der Waals surface area (Å²) < 4.78 is 98.4. The number of ether oxygens (including phenoxy) is 2. The molecular weight excluding hydrogens is 644 g/mol. The molecule has 4 aliphatic rings. The van der Waals surface area contributed by atoms with Crippen LogP contribution in [0.15, 0.2) is 18.5 Å². The number of nitrogen functional groups attached to an aromatic ring is 1. The van der Waals surface area contributed by atoms with Crippen LogP contribution in [0.25, 0.3) is 0 Å². The Labute approximate surface area is 273 Å². The van der Waals surface area contributed by atoms with Crippen LogP contribution in [0.3, 0.4) is 0 Å². The number of alkyl halides is 4. The maximum Gasteiger partial charge on any atom is 0.417 e. The molecule has 48 heavy (non-hydrogen) atoms. The molecule has 3 fully saturated rings. The number of aromatic nitrogens is 2. The van der Waals surface area contributed by atoms with Crippen molar-refractivity contribution < 1.29 is 40.6 Å². The number of benzene rings is 1. The van der Waals surface area contributed by atoms with Crippen molar-refractivity contribution in [2.24, 2.45) is 0 Å². The van der Waals surface area contributed by atoms with E-state index < -0.39 is 64.4 Å². The summed E-state index contributed by atoms with van der Waals surface area (Å²) in [5.41, 5.74) is 3.26. The molecule has 1 unspecified atom stereocenters. The van der Waals surface area contributed by atoms with Crippen LogP contribution in [0.5, 0.6) is 6.01 Å². The van der Waals surface area contributed by atoms with Gasteiger partial charge in [0.1, 0.15) is 18.6 Å². The van der Waals surface area contributed by atoms with Gasteiger partial charge >= 0.3 is 12.2 Å². The fraction of sp³-hybridized carbons (Fsp3) is 0.562. The van der Waals surface area contributed by atoms with Crippen LogP contribution in [-0.2, 0) is 28.7 Å². The largest absolute Gasteiger partial charge is 0.461 e. The van der Waals surface area contributed by atoms with Crippen molar-refractivity contribution in [2.75, 3.05) is 50.0 Å². The number of nitrogens with zero attached hydrogens (tertiary/aromatic N) is 6. The second-order valence-corrected chi connectivity index (χ2v) is 12.9. The van der Waals surface area contributed by atoms with Gasteiger partial charge in [-0.3, -0.25) is 9.69 Å². The van der Waals surface area contributed by atoms with Crippen LogP contribution >= 0.6 is 0 Å². The lowest BCUT2D eigenvalue weighted by atomic mass is 9.91. The summed E-state index contributed by atoms with van der Waals surface area (Å²) in [6.07, 6.45) is -5.87. The summed E-state index contributed by atoms with van der Waals surface area (Å²) in [5, 5.41) is 9.46. The Morgan fingerprint density at radius 2 is 2.04 bits per heavy atom. The minimum Gasteiger partial charge on any atom is -0.461 e. The van der Waals surface area contributed by atoms with Crippen LogP contribution in [0, 0.1) is 24.1 Å². The van der Waals surface area contributed by atoms with E-state index in [1.54, 1.807) is 4.90 Å². The summed E-state index contributed by atoms with van der Waals surface area (Å²) in [6.45, 7) is 5.29. The molecule has 0 bridgehead atoms. The van der Waals surface area contributed by atoms with Crippen molar-refractivity contribution in [1.82, 2.24) is 19.8 Å². The van der Waals surface area contributed by atoms with Crippen molar-refractivity contribution in [3.05, 3.63) is 52.2 Å². The quantitative estimate of drug-likeness (QED) is 0.252.